The molecule has 0 fully saturated rings. The number of fused-ring (bicyclic) bond motifs is 1. The number of halogens is 1. The summed E-state index contributed by atoms with van der Waals surface area (Å²) in [5.74, 6) is 0.775. The fourth-order valence-electron chi connectivity index (χ4n) is 2.33. The highest BCUT2D eigenvalue weighted by Crippen LogP contribution is 2.27. The standard InChI is InChI=1S/C15H15ClN4/c1-10-8-11-9-12(4-5-13(11)19(10)2)20(3)14-6-7-17-15(16)18-14/h4-9H,1-3H3. The molecular weight excluding hydrogens is 272 g/mol. The first kappa shape index (κ1) is 12.9. The SMILES string of the molecule is Cc1cc2cc(N(C)c3ccnc(Cl)n3)ccc2n1C. The van der Waals surface area contributed by atoms with E-state index in [1.807, 2.05) is 18.0 Å². The summed E-state index contributed by atoms with van der Waals surface area (Å²) < 4.78 is 2.18. The Morgan fingerprint density at radius 1 is 1.20 bits per heavy atom. The monoisotopic (exact) mass is 286 g/mol. The molecule has 4 nitrogen and oxygen atoms in total. The fourth-order valence-corrected chi connectivity index (χ4v) is 2.47. The van der Waals surface area contributed by atoms with Crippen LogP contribution in [-0.2, 0) is 7.05 Å². The molecule has 102 valence electrons. The van der Waals surface area contributed by atoms with Gasteiger partial charge < -0.3 is 9.47 Å². The maximum absolute atomic E-state index is 5.84. The molecule has 0 radical (unpaired) electrons. The normalized spacial score (nSPS) is 11.0. The molecule has 0 amide bonds. The van der Waals surface area contributed by atoms with Gasteiger partial charge in [-0.15, -0.1) is 0 Å². The highest BCUT2D eigenvalue weighted by atomic mass is 35.5. The lowest BCUT2D eigenvalue weighted by Gasteiger charge is -2.18. The van der Waals surface area contributed by atoms with Gasteiger partial charge in [-0.05, 0) is 48.9 Å². The van der Waals surface area contributed by atoms with Crippen LogP contribution in [0.25, 0.3) is 10.9 Å². The van der Waals surface area contributed by atoms with Gasteiger partial charge in [0, 0.05) is 42.6 Å². The predicted molar refractivity (Wildman–Crippen MR) is 82.8 cm³/mol. The topological polar surface area (TPSA) is 34.0 Å². The molecule has 0 saturated carbocycles. The van der Waals surface area contributed by atoms with Crippen LogP contribution in [0.5, 0.6) is 0 Å². The zero-order valence-corrected chi connectivity index (χ0v) is 12.4. The van der Waals surface area contributed by atoms with Gasteiger partial charge in [-0.1, -0.05) is 0 Å². The van der Waals surface area contributed by atoms with Crippen LogP contribution in [0.4, 0.5) is 11.5 Å². The third-order valence-corrected chi connectivity index (χ3v) is 3.79. The third-order valence-electron chi connectivity index (χ3n) is 3.61. The molecule has 0 atom stereocenters. The average Bonchev–Trinajstić information content (AvgIpc) is 2.73. The number of benzene rings is 1. The molecule has 0 N–H and O–H groups in total. The second-order valence-electron chi connectivity index (χ2n) is 4.83. The summed E-state index contributed by atoms with van der Waals surface area (Å²) in [5, 5.41) is 1.47. The molecule has 0 spiro atoms. The molecule has 2 aromatic heterocycles. The van der Waals surface area contributed by atoms with Crippen molar-refractivity contribution in [1.29, 1.82) is 0 Å². The molecule has 0 aliphatic carbocycles. The third kappa shape index (κ3) is 2.12. The van der Waals surface area contributed by atoms with E-state index >= 15 is 0 Å². The lowest BCUT2D eigenvalue weighted by Crippen LogP contribution is -2.11. The second kappa shape index (κ2) is 4.80. The molecule has 3 aromatic rings. The van der Waals surface area contributed by atoms with Gasteiger partial charge in [-0.3, -0.25) is 0 Å². The Kier molecular flexibility index (Phi) is 3.10. The van der Waals surface area contributed by atoms with E-state index in [9.17, 15) is 0 Å². The average molecular weight is 287 g/mol. The summed E-state index contributed by atoms with van der Waals surface area (Å²) in [7, 11) is 4.04. The summed E-state index contributed by atoms with van der Waals surface area (Å²) in [6, 6.07) is 10.4. The second-order valence-corrected chi connectivity index (χ2v) is 5.17. The van der Waals surface area contributed by atoms with Crippen molar-refractivity contribution in [3.63, 3.8) is 0 Å². The van der Waals surface area contributed by atoms with Gasteiger partial charge in [0.05, 0.1) is 0 Å². The van der Waals surface area contributed by atoms with Crippen molar-refractivity contribution in [2.45, 2.75) is 6.92 Å². The van der Waals surface area contributed by atoms with E-state index in [1.54, 1.807) is 6.20 Å². The molecular formula is C15H15ClN4. The minimum Gasteiger partial charge on any atom is -0.348 e. The Labute approximate surface area is 122 Å². The highest BCUT2D eigenvalue weighted by molar-refractivity contribution is 6.28. The fraction of sp³-hybridized carbons (Fsp3) is 0.200. The Morgan fingerprint density at radius 3 is 2.75 bits per heavy atom. The van der Waals surface area contributed by atoms with Gasteiger partial charge in [-0.25, -0.2) is 9.97 Å². The largest absolute Gasteiger partial charge is 0.348 e. The van der Waals surface area contributed by atoms with Crippen molar-refractivity contribution < 1.29 is 0 Å². The van der Waals surface area contributed by atoms with Crippen LogP contribution in [0.2, 0.25) is 5.28 Å². The molecule has 0 unspecified atom stereocenters. The lowest BCUT2D eigenvalue weighted by atomic mass is 10.2. The van der Waals surface area contributed by atoms with Gasteiger partial charge in [0.25, 0.3) is 0 Å². The zero-order chi connectivity index (χ0) is 14.3. The van der Waals surface area contributed by atoms with Crippen molar-refractivity contribution in [2.75, 3.05) is 11.9 Å². The van der Waals surface area contributed by atoms with Gasteiger partial charge in [0.1, 0.15) is 5.82 Å². The molecule has 5 heteroatoms. The Hall–Kier alpha value is -2.07. The predicted octanol–water partition coefficient (Wildman–Crippen LogP) is 3.70. The van der Waals surface area contributed by atoms with Crippen molar-refractivity contribution in [3.8, 4) is 0 Å². The van der Waals surface area contributed by atoms with Crippen LogP contribution >= 0.6 is 11.6 Å². The van der Waals surface area contributed by atoms with Crippen LogP contribution in [-0.4, -0.2) is 21.6 Å². The number of aromatic nitrogens is 3. The molecule has 0 saturated heterocycles. The van der Waals surface area contributed by atoms with Crippen LogP contribution in [0, 0.1) is 6.92 Å². The smallest absolute Gasteiger partial charge is 0.224 e. The lowest BCUT2D eigenvalue weighted by molar-refractivity contribution is 0.918. The number of hydrogen-bond donors (Lipinski definition) is 0. The van der Waals surface area contributed by atoms with Gasteiger partial charge in [0.15, 0.2) is 0 Å². The summed E-state index contributed by atoms with van der Waals surface area (Å²) in [5.41, 5.74) is 3.53. The number of hydrogen-bond acceptors (Lipinski definition) is 3. The van der Waals surface area contributed by atoms with Crippen LogP contribution in [0.15, 0.2) is 36.5 Å². The van der Waals surface area contributed by atoms with E-state index < -0.39 is 0 Å². The molecule has 3 rings (SSSR count). The van der Waals surface area contributed by atoms with Crippen LogP contribution in [0.3, 0.4) is 0 Å². The van der Waals surface area contributed by atoms with Gasteiger partial charge >= 0.3 is 0 Å². The zero-order valence-electron chi connectivity index (χ0n) is 11.6. The summed E-state index contributed by atoms with van der Waals surface area (Å²) in [6.07, 6.45) is 1.66. The van der Waals surface area contributed by atoms with E-state index in [4.69, 9.17) is 11.6 Å². The van der Waals surface area contributed by atoms with E-state index in [2.05, 4.69) is 52.8 Å². The van der Waals surface area contributed by atoms with Crippen molar-refractivity contribution >= 4 is 34.0 Å². The number of aryl methyl sites for hydroxylation is 2. The van der Waals surface area contributed by atoms with Crippen molar-refractivity contribution in [1.82, 2.24) is 14.5 Å². The quantitative estimate of drug-likeness (QED) is 0.674. The van der Waals surface area contributed by atoms with Gasteiger partial charge in [0.2, 0.25) is 5.28 Å². The molecule has 20 heavy (non-hydrogen) atoms. The minimum atomic E-state index is 0.256. The summed E-state index contributed by atoms with van der Waals surface area (Å²) in [6.45, 7) is 2.10. The molecule has 2 heterocycles. The first-order valence-corrected chi connectivity index (χ1v) is 6.72. The minimum absolute atomic E-state index is 0.256. The molecule has 0 aliphatic heterocycles. The Bertz CT molecular complexity index is 779. The van der Waals surface area contributed by atoms with Crippen LogP contribution < -0.4 is 4.90 Å². The highest BCUT2D eigenvalue weighted by Gasteiger charge is 2.09. The van der Waals surface area contributed by atoms with E-state index in [0.717, 1.165) is 11.5 Å². The maximum Gasteiger partial charge on any atom is 0.224 e. The number of nitrogens with zero attached hydrogens (tertiary/aromatic N) is 4. The number of rotatable bonds is 2. The van der Waals surface area contributed by atoms with E-state index in [-0.39, 0.29) is 5.28 Å². The van der Waals surface area contributed by atoms with Crippen molar-refractivity contribution in [3.05, 3.63) is 47.5 Å². The van der Waals surface area contributed by atoms with Gasteiger partial charge in [-0.2, -0.15) is 0 Å². The first-order valence-electron chi connectivity index (χ1n) is 6.34. The maximum atomic E-state index is 5.84. The number of anilines is 2. The Morgan fingerprint density at radius 2 is 2.00 bits per heavy atom. The summed E-state index contributed by atoms with van der Waals surface area (Å²) in [4.78, 5) is 10.1. The molecule has 0 bridgehead atoms. The molecule has 1 aromatic carbocycles. The summed E-state index contributed by atoms with van der Waals surface area (Å²) >= 11 is 5.84. The van der Waals surface area contributed by atoms with Crippen molar-refractivity contribution in [2.24, 2.45) is 7.05 Å². The van der Waals surface area contributed by atoms with Crippen LogP contribution in [0.1, 0.15) is 5.69 Å². The Balaban J connectivity index is 2.05. The molecule has 0 aliphatic rings. The first-order chi connectivity index (χ1) is 9.56. The van der Waals surface area contributed by atoms with E-state index in [1.165, 1.54) is 16.6 Å². The van der Waals surface area contributed by atoms with E-state index in [0.29, 0.717) is 0 Å².